The molecule has 0 spiro atoms. The highest BCUT2D eigenvalue weighted by atomic mass is 16.5. The van der Waals surface area contributed by atoms with E-state index in [2.05, 4.69) is 17.8 Å². The summed E-state index contributed by atoms with van der Waals surface area (Å²) in [7, 11) is 0. The molecule has 0 aliphatic carbocycles. The highest BCUT2D eigenvalue weighted by Crippen LogP contribution is 2.38. The van der Waals surface area contributed by atoms with Gasteiger partial charge in [0.05, 0.1) is 0 Å². The number of aldehydes is 1. The van der Waals surface area contributed by atoms with Gasteiger partial charge in [-0.2, -0.15) is 0 Å². The van der Waals surface area contributed by atoms with E-state index in [1.165, 1.54) is 12.1 Å². The third kappa shape index (κ3) is 4.02. The summed E-state index contributed by atoms with van der Waals surface area (Å²) in [5, 5.41) is 0. The third-order valence-corrected chi connectivity index (χ3v) is 2.10. The monoisotopic (exact) mass is 268 g/mol. The van der Waals surface area contributed by atoms with Crippen molar-refractivity contribution in [3.05, 3.63) is 17.7 Å². The van der Waals surface area contributed by atoms with Gasteiger partial charge in [0.15, 0.2) is 11.5 Å². The molecule has 0 aromatic heterocycles. The lowest BCUT2D eigenvalue weighted by Gasteiger charge is -2.15. The first-order valence-corrected chi connectivity index (χ1v) is 5.58. The van der Waals surface area contributed by atoms with E-state index < -0.39 is 0 Å². The van der Waals surface area contributed by atoms with Crippen molar-refractivity contribution in [2.24, 2.45) is 0 Å². The molecule has 0 unspecified atom stereocenters. The Labute approximate surface area is 118 Å². The Bertz CT molecular complexity index is 557. The maximum absolute atomic E-state index is 10.9. The summed E-state index contributed by atoms with van der Waals surface area (Å²) >= 11 is 0. The van der Waals surface area contributed by atoms with Crippen LogP contribution in [0.25, 0.3) is 0 Å². The van der Waals surface area contributed by atoms with Gasteiger partial charge in [0.1, 0.15) is 26.1 Å². The van der Waals surface area contributed by atoms with Crippen LogP contribution >= 0.6 is 0 Å². The molecule has 0 atom stereocenters. The predicted molar refractivity (Wildman–Crippen MR) is 74.8 cm³/mol. The highest BCUT2D eigenvalue weighted by Gasteiger charge is 2.15. The summed E-state index contributed by atoms with van der Waals surface area (Å²) in [6.07, 6.45) is 16.1. The van der Waals surface area contributed by atoms with Crippen molar-refractivity contribution < 1.29 is 19.0 Å². The van der Waals surface area contributed by atoms with Crippen LogP contribution in [0.3, 0.4) is 0 Å². The largest absolute Gasteiger partial charge is 0.477 e. The zero-order valence-electron chi connectivity index (χ0n) is 10.7. The molecule has 100 valence electrons. The molecule has 1 aromatic carbocycles. The second-order valence-electron chi connectivity index (χ2n) is 3.44. The SMILES string of the molecule is C#CCOc1cc(C=O)cc(OCC#C)c1OCC#C. The Balaban J connectivity index is 3.22. The van der Waals surface area contributed by atoms with Crippen LogP contribution in [-0.2, 0) is 0 Å². The molecular formula is C16H12O4. The molecule has 1 aromatic rings. The lowest BCUT2D eigenvalue weighted by Crippen LogP contribution is -2.04. The first kappa shape index (κ1) is 15.0. The number of ether oxygens (including phenoxy) is 3. The van der Waals surface area contributed by atoms with Crippen molar-refractivity contribution in [1.29, 1.82) is 0 Å². The van der Waals surface area contributed by atoms with Gasteiger partial charge in [-0.05, 0) is 12.1 Å². The van der Waals surface area contributed by atoms with Crippen LogP contribution in [0.4, 0.5) is 0 Å². The molecular weight excluding hydrogens is 256 g/mol. The summed E-state index contributed by atoms with van der Waals surface area (Å²) in [4.78, 5) is 10.9. The lowest BCUT2D eigenvalue weighted by molar-refractivity contribution is 0.112. The van der Waals surface area contributed by atoms with E-state index in [1.54, 1.807) is 0 Å². The maximum atomic E-state index is 10.9. The lowest BCUT2D eigenvalue weighted by atomic mass is 10.2. The van der Waals surface area contributed by atoms with Crippen molar-refractivity contribution in [2.45, 2.75) is 0 Å². The molecule has 0 N–H and O–H groups in total. The van der Waals surface area contributed by atoms with Gasteiger partial charge in [-0.1, -0.05) is 17.8 Å². The zero-order valence-corrected chi connectivity index (χ0v) is 10.7. The molecule has 0 aliphatic heterocycles. The van der Waals surface area contributed by atoms with Crippen molar-refractivity contribution in [3.8, 4) is 54.3 Å². The van der Waals surface area contributed by atoms with Gasteiger partial charge >= 0.3 is 0 Å². The van der Waals surface area contributed by atoms with E-state index >= 15 is 0 Å². The van der Waals surface area contributed by atoms with E-state index in [-0.39, 0.29) is 37.1 Å². The molecule has 1 rings (SSSR count). The number of terminal acetylenes is 3. The first-order valence-electron chi connectivity index (χ1n) is 5.58. The Morgan fingerprint density at radius 2 is 1.35 bits per heavy atom. The number of carbonyl (C=O) groups excluding carboxylic acids is 1. The molecule has 0 bridgehead atoms. The van der Waals surface area contributed by atoms with Gasteiger partial charge in [0.2, 0.25) is 5.75 Å². The van der Waals surface area contributed by atoms with Gasteiger partial charge in [-0.15, -0.1) is 19.3 Å². The summed E-state index contributed by atoms with van der Waals surface area (Å²) < 4.78 is 16.0. The third-order valence-electron chi connectivity index (χ3n) is 2.10. The summed E-state index contributed by atoms with van der Waals surface area (Å²) in [6.45, 7) is 0.0475. The van der Waals surface area contributed by atoms with Crippen molar-refractivity contribution >= 4 is 6.29 Å². The summed E-state index contributed by atoms with van der Waals surface area (Å²) in [6, 6.07) is 2.97. The van der Waals surface area contributed by atoms with Gasteiger partial charge in [0, 0.05) is 5.56 Å². The topological polar surface area (TPSA) is 44.8 Å². The molecule has 0 saturated heterocycles. The fourth-order valence-electron chi connectivity index (χ4n) is 1.37. The van der Waals surface area contributed by atoms with Crippen LogP contribution in [0.5, 0.6) is 17.2 Å². The van der Waals surface area contributed by atoms with Crippen LogP contribution < -0.4 is 14.2 Å². The zero-order chi connectivity index (χ0) is 14.8. The Kier molecular flexibility index (Phi) is 6.12. The van der Waals surface area contributed by atoms with Crippen molar-refractivity contribution in [1.82, 2.24) is 0 Å². The van der Waals surface area contributed by atoms with Crippen LogP contribution in [0.1, 0.15) is 10.4 Å². The van der Waals surface area contributed by atoms with Crippen molar-refractivity contribution in [3.63, 3.8) is 0 Å². The summed E-state index contributed by atoms with van der Waals surface area (Å²) in [5.74, 6) is 7.78. The molecule has 0 fully saturated rings. The fourth-order valence-corrected chi connectivity index (χ4v) is 1.37. The van der Waals surface area contributed by atoms with E-state index in [0.717, 1.165) is 0 Å². The number of hydrogen-bond acceptors (Lipinski definition) is 4. The standard InChI is InChI=1S/C16H12O4/c1-4-7-18-14-10-13(12-17)11-15(19-8-5-2)16(14)20-9-6-3/h1-3,10-12H,7-9H2. The number of carbonyl (C=O) groups is 1. The van der Waals surface area contributed by atoms with E-state index in [1.807, 2.05) is 0 Å². The quantitative estimate of drug-likeness (QED) is 0.556. The van der Waals surface area contributed by atoms with Crippen LogP contribution in [0.15, 0.2) is 12.1 Å². The molecule has 0 aliphatic rings. The normalized spacial score (nSPS) is 8.65. The molecule has 0 radical (unpaired) electrons. The molecule has 0 heterocycles. The number of hydrogen-bond donors (Lipinski definition) is 0. The average Bonchev–Trinajstić information content (AvgIpc) is 2.48. The minimum absolute atomic E-state index is 0.0132. The minimum Gasteiger partial charge on any atom is -0.477 e. The molecule has 0 amide bonds. The first-order chi connectivity index (χ1) is 9.76. The van der Waals surface area contributed by atoms with Gasteiger partial charge in [-0.3, -0.25) is 4.79 Å². The number of rotatable bonds is 7. The second-order valence-corrected chi connectivity index (χ2v) is 3.44. The van der Waals surface area contributed by atoms with Gasteiger partial charge < -0.3 is 14.2 Å². The summed E-state index contributed by atoms with van der Waals surface area (Å²) in [5.41, 5.74) is 0.345. The second kappa shape index (κ2) is 8.14. The molecule has 4 nitrogen and oxygen atoms in total. The van der Waals surface area contributed by atoms with E-state index in [4.69, 9.17) is 33.5 Å². The predicted octanol–water partition coefficient (Wildman–Crippen LogP) is 1.54. The minimum atomic E-state index is 0.0132. The Morgan fingerprint density at radius 1 is 0.900 bits per heavy atom. The fraction of sp³-hybridized carbons (Fsp3) is 0.188. The van der Waals surface area contributed by atoms with Crippen LogP contribution in [-0.4, -0.2) is 26.1 Å². The van der Waals surface area contributed by atoms with E-state index in [9.17, 15) is 4.79 Å². The maximum Gasteiger partial charge on any atom is 0.204 e. The molecule has 0 saturated carbocycles. The Morgan fingerprint density at radius 3 is 1.75 bits per heavy atom. The highest BCUT2D eigenvalue weighted by molar-refractivity contribution is 5.78. The van der Waals surface area contributed by atoms with Gasteiger partial charge in [0.25, 0.3) is 0 Å². The van der Waals surface area contributed by atoms with Crippen molar-refractivity contribution in [2.75, 3.05) is 19.8 Å². The smallest absolute Gasteiger partial charge is 0.204 e. The molecule has 20 heavy (non-hydrogen) atoms. The van der Waals surface area contributed by atoms with Crippen LogP contribution in [0.2, 0.25) is 0 Å². The van der Waals surface area contributed by atoms with E-state index in [0.29, 0.717) is 11.8 Å². The average molecular weight is 268 g/mol. The molecule has 4 heteroatoms. The van der Waals surface area contributed by atoms with Crippen LogP contribution in [0, 0.1) is 37.0 Å². The number of benzene rings is 1. The van der Waals surface area contributed by atoms with Gasteiger partial charge in [-0.25, -0.2) is 0 Å². The Hall–Kier alpha value is -3.03.